The molecule has 2 unspecified atom stereocenters. The van der Waals surface area contributed by atoms with Gasteiger partial charge in [-0.1, -0.05) is 0 Å². The summed E-state index contributed by atoms with van der Waals surface area (Å²) in [6.07, 6.45) is 2.28. The Bertz CT molecular complexity index is 439. The summed E-state index contributed by atoms with van der Waals surface area (Å²) in [5.41, 5.74) is 1.48. The maximum atomic E-state index is 12.5. The van der Waals surface area contributed by atoms with Gasteiger partial charge in [-0.25, -0.2) is 0 Å². The van der Waals surface area contributed by atoms with Crippen molar-refractivity contribution in [3.8, 4) is 0 Å². The lowest BCUT2D eigenvalue weighted by Gasteiger charge is -2.25. The second-order valence-corrected chi connectivity index (χ2v) is 5.17. The Balaban J connectivity index is 2.15. The molecule has 1 N–H and O–H groups in total. The fraction of sp³-hybridized carbons (Fsp3) is 0.692. The molecular formula is C13H21N3O2. The van der Waals surface area contributed by atoms with Crippen LogP contribution in [-0.4, -0.2) is 44.4 Å². The third-order valence-electron chi connectivity index (χ3n) is 3.47. The third kappa shape index (κ3) is 2.56. The number of aromatic nitrogens is 2. The van der Waals surface area contributed by atoms with Crippen LogP contribution in [0.3, 0.4) is 0 Å². The first-order valence-electron chi connectivity index (χ1n) is 6.48. The minimum Gasteiger partial charge on any atom is -0.393 e. The van der Waals surface area contributed by atoms with Crippen LogP contribution in [0.4, 0.5) is 0 Å². The molecule has 0 bridgehead atoms. The number of hydrogen-bond acceptors (Lipinski definition) is 3. The van der Waals surface area contributed by atoms with Crippen molar-refractivity contribution >= 4 is 5.91 Å². The molecule has 18 heavy (non-hydrogen) atoms. The van der Waals surface area contributed by atoms with Crippen molar-refractivity contribution in [3.63, 3.8) is 0 Å². The van der Waals surface area contributed by atoms with Gasteiger partial charge in [-0.2, -0.15) is 5.10 Å². The van der Waals surface area contributed by atoms with Gasteiger partial charge in [-0.15, -0.1) is 0 Å². The monoisotopic (exact) mass is 251 g/mol. The number of likely N-dealkylation sites (tertiary alicyclic amines) is 1. The lowest BCUT2D eigenvalue weighted by molar-refractivity contribution is 0.0671. The van der Waals surface area contributed by atoms with Gasteiger partial charge in [0, 0.05) is 19.6 Å². The summed E-state index contributed by atoms with van der Waals surface area (Å²) in [5, 5.41) is 13.7. The van der Waals surface area contributed by atoms with Crippen molar-refractivity contribution in [1.82, 2.24) is 14.7 Å². The van der Waals surface area contributed by atoms with E-state index in [9.17, 15) is 9.90 Å². The van der Waals surface area contributed by atoms with E-state index in [1.807, 2.05) is 17.9 Å². The fourth-order valence-corrected chi connectivity index (χ4v) is 2.70. The van der Waals surface area contributed by atoms with Gasteiger partial charge in [-0.05, 0) is 39.2 Å². The maximum absolute atomic E-state index is 12.5. The highest BCUT2D eigenvalue weighted by Gasteiger charge is 2.31. The largest absolute Gasteiger partial charge is 0.393 e. The van der Waals surface area contributed by atoms with Crippen LogP contribution in [0.25, 0.3) is 0 Å². The highest BCUT2D eigenvalue weighted by Crippen LogP contribution is 2.23. The Morgan fingerprint density at radius 3 is 2.94 bits per heavy atom. The highest BCUT2D eigenvalue weighted by molar-refractivity contribution is 5.93. The molecule has 0 aromatic carbocycles. The number of aryl methyl sites for hydroxylation is 2. The molecule has 1 aliphatic rings. The van der Waals surface area contributed by atoms with E-state index >= 15 is 0 Å². The van der Waals surface area contributed by atoms with Crippen LogP contribution in [0.15, 0.2) is 6.07 Å². The Morgan fingerprint density at radius 2 is 2.39 bits per heavy atom. The lowest BCUT2D eigenvalue weighted by atomic mass is 10.1. The zero-order valence-electron chi connectivity index (χ0n) is 11.3. The molecule has 1 aliphatic heterocycles. The van der Waals surface area contributed by atoms with Gasteiger partial charge in [0.25, 0.3) is 5.91 Å². The zero-order valence-corrected chi connectivity index (χ0v) is 11.3. The first kappa shape index (κ1) is 13.1. The van der Waals surface area contributed by atoms with Crippen LogP contribution in [-0.2, 0) is 7.05 Å². The van der Waals surface area contributed by atoms with Crippen LogP contribution in [0.2, 0.25) is 0 Å². The van der Waals surface area contributed by atoms with Crippen molar-refractivity contribution < 1.29 is 9.90 Å². The molecule has 2 rings (SSSR count). The number of aliphatic hydroxyl groups is 1. The predicted octanol–water partition coefficient (Wildman–Crippen LogP) is 1.10. The summed E-state index contributed by atoms with van der Waals surface area (Å²) in [6.45, 7) is 4.43. The summed E-state index contributed by atoms with van der Waals surface area (Å²) >= 11 is 0. The number of aliphatic hydroxyl groups excluding tert-OH is 1. The van der Waals surface area contributed by atoms with E-state index < -0.39 is 0 Å². The van der Waals surface area contributed by atoms with Gasteiger partial charge < -0.3 is 10.0 Å². The molecule has 1 saturated heterocycles. The molecule has 1 aromatic heterocycles. The van der Waals surface area contributed by atoms with Crippen LogP contribution in [0, 0.1) is 6.92 Å². The van der Waals surface area contributed by atoms with E-state index in [0.717, 1.165) is 25.1 Å². The standard InChI is InChI=1S/C13H21N3O2/c1-9-7-12(15(3)14-9)13(18)16-6-4-5-11(16)8-10(2)17/h7,10-11,17H,4-6,8H2,1-3H3. The van der Waals surface area contributed by atoms with E-state index in [1.165, 1.54) is 0 Å². The highest BCUT2D eigenvalue weighted by atomic mass is 16.3. The Morgan fingerprint density at radius 1 is 1.67 bits per heavy atom. The number of rotatable bonds is 3. The minimum absolute atomic E-state index is 0.0289. The first-order valence-corrected chi connectivity index (χ1v) is 6.48. The third-order valence-corrected chi connectivity index (χ3v) is 3.47. The quantitative estimate of drug-likeness (QED) is 0.875. The van der Waals surface area contributed by atoms with E-state index in [1.54, 1.807) is 18.7 Å². The Labute approximate surface area is 107 Å². The second-order valence-electron chi connectivity index (χ2n) is 5.17. The smallest absolute Gasteiger partial charge is 0.272 e. The predicted molar refractivity (Wildman–Crippen MR) is 68.3 cm³/mol. The van der Waals surface area contributed by atoms with Gasteiger partial charge >= 0.3 is 0 Å². The van der Waals surface area contributed by atoms with Crippen molar-refractivity contribution in [2.24, 2.45) is 7.05 Å². The van der Waals surface area contributed by atoms with E-state index in [4.69, 9.17) is 0 Å². The van der Waals surface area contributed by atoms with Gasteiger partial charge in [-0.3, -0.25) is 9.48 Å². The number of nitrogens with zero attached hydrogens (tertiary/aromatic N) is 3. The molecule has 1 amide bonds. The molecule has 0 radical (unpaired) electrons. The molecule has 5 nitrogen and oxygen atoms in total. The second kappa shape index (κ2) is 5.10. The summed E-state index contributed by atoms with van der Waals surface area (Å²) in [4.78, 5) is 14.3. The van der Waals surface area contributed by atoms with E-state index in [-0.39, 0.29) is 18.1 Å². The van der Waals surface area contributed by atoms with E-state index in [2.05, 4.69) is 5.10 Å². The minimum atomic E-state index is -0.364. The molecule has 0 saturated carbocycles. The van der Waals surface area contributed by atoms with Crippen LogP contribution in [0.1, 0.15) is 42.4 Å². The Hall–Kier alpha value is -1.36. The normalized spacial score (nSPS) is 21.3. The van der Waals surface area contributed by atoms with Crippen molar-refractivity contribution in [2.75, 3.05) is 6.54 Å². The van der Waals surface area contributed by atoms with Crippen molar-refractivity contribution in [1.29, 1.82) is 0 Å². The van der Waals surface area contributed by atoms with E-state index in [0.29, 0.717) is 12.1 Å². The average molecular weight is 251 g/mol. The van der Waals surface area contributed by atoms with Gasteiger partial charge in [0.15, 0.2) is 0 Å². The van der Waals surface area contributed by atoms with Crippen LogP contribution < -0.4 is 0 Å². The zero-order chi connectivity index (χ0) is 13.3. The number of hydrogen-bond donors (Lipinski definition) is 1. The molecule has 2 atom stereocenters. The molecule has 2 heterocycles. The van der Waals surface area contributed by atoms with Crippen molar-refractivity contribution in [2.45, 2.75) is 45.3 Å². The summed E-state index contributed by atoms with van der Waals surface area (Å²) in [7, 11) is 1.79. The van der Waals surface area contributed by atoms with Crippen LogP contribution in [0.5, 0.6) is 0 Å². The molecule has 100 valence electrons. The van der Waals surface area contributed by atoms with Gasteiger partial charge in [0.1, 0.15) is 5.69 Å². The summed E-state index contributed by atoms with van der Waals surface area (Å²) < 4.78 is 1.63. The average Bonchev–Trinajstić information content (AvgIpc) is 2.83. The first-order chi connectivity index (χ1) is 8.49. The number of carbonyl (C=O) groups excluding carboxylic acids is 1. The molecular weight excluding hydrogens is 230 g/mol. The molecule has 1 aromatic rings. The number of amides is 1. The summed E-state index contributed by atoms with van der Waals surface area (Å²) in [6, 6.07) is 1.98. The lowest BCUT2D eigenvalue weighted by Crippen LogP contribution is -2.38. The molecule has 1 fully saturated rings. The van der Waals surface area contributed by atoms with Crippen molar-refractivity contribution in [3.05, 3.63) is 17.5 Å². The summed E-state index contributed by atoms with van der Waals surface area (Å²) in [5.74, 6) is 0.0289. The topological polar surface area (TPSA) is 58.4 Å². The number of carbonyl (C=O) groups is 1. The van der Waals surface area contributed by atoms with Crippen LogP contribution >= 0.6 is 0 Å². The molecule has 0 spiro atoms. The molecule has 0 aliphatic carbocycles. The van der Waals surface area contributed by atoms with Gasteiger partial charge in [0.05, 0.1) is 11.8 Å². The molecule has 5 heteroatoms. The van der Waals surface area contributed by atoms with Gasteiger partial charge in [0.2, 0.25) is 0 Å². The fourth-order valence-electron chi connectivity index (χ4n) is 2.70. The SMILES string of the molecule is Cc1cc(C(=O)N2CCCC2CC(C)O)n(C)n1. The maximum Gasteiger partial charge on any atom is 0.272 e. The Kier molecular flexibility index (Phi) is 3.71.